The monoisotopic (exact) mass is 404 g/mol. The molecule has 6 heteroatoms. The maximum Gasteiger partial charge on any atom is 1.00 e. The maximum atomic E-state index is 12.5. The van der Waals surface area contributed by atoms with Crippen LogP contribution in [-0.2, 0) is 9.59 Å². The van der Waals surface area contributed by atoms with Gasteiger partial charge in [-0.3, -0.25) is 4.79 Å². The van der Waals surface area contributed by atoms with Gasteiger partial charge in [0.15, 0.2) is 0 Å². The number of amides is 1. The van der Waals surface area contributed by atoms with Gasteiger partial charge in [0.1, 0.15) is 0 Å². The van der Waals surface area contributed by atoms with Gasteiger partial charge in [0.25, 0.3) is 0 Å². The minimum Gasteiger partial charge on any atom is -0.548 e. The van der Waals surface area contributed by atoms with Crippen LogP contribution in [0.4, 0.5) is 0 Å². The van der Waals surface area contributed by atoms with E-state index in [0.29, 0.717) is 12.3 Å². The van der Waals surface area contributed by atoms with Crippen LogP contribution in [0.5, 0.6) is 0 Å². The van der Waals surface area contributed by atoms with Gasteiger partial charge in [0.2, 0.25) is 5.91 Å². The molecule has 2 atom stereocenters. The molecule has 0 aromatic carbocycles. The van der Waals surface area contributed by atoms with Crippen LogP contribution in [0.25, 0.3) is 0 Å². The molecule has 0 spiro atoms. The van der Waals surface area contributed by atoms with E-state index in [-0.39, 0.29) is 47.4 Å². The van der Waals surface area contributed by atoms with E-state index in [2.05, 4.69) is 31.1 Å². The number of hydrogen-bond donors (Lipinski definition) is 2. The van der Waals surface area contributed by atoms with Gasteiger partial charge in [-0.2, -0.15) is 0 Å². The normalized spacial score (nSPS) is 13.1. The van der Waals surface area contributed by atoms with Crippen LogP contribution in [-0.4, -0.2) is 30.5 Å². The predicted molar refractivity (Wildman–Crippen MR) is 110 cm³/mol. The summed E-state index contributed by atoms with van der Waals surface area (Å²) in [5.41, 5.74) is 0. The number of carbonyl (C=O) groups is 2. The topological polar surface area (TPSA) is 81.3 Å². The van der Waals surface area contributed by atoms with Crippen molar-refractivity contribution in [2.24, 2.45) is 11.8 Å². The van der Waals surface area contributed by atoms with Crippen molar-refractivity contribution in [2.75, 3.05) is 6.54 Å². The molecule has 0 saturated heterocycles. The molecule has 5 nitrogen and oxygen atoms in total. The van der Waals surface area contributed by atoms with E-state index in [1.807, 2.05) is 6.08 Å². The van der Waals surface area contributed by atoms with Crippen LogP contribution in [0, 0.1) is 11.8 Å². The van der Waals surface area contributed by atoms with Crippen LogP contribution in [0.3, 0.4) is 0 Å². The van der Waals surface area contributed by atoms with E-state index < -0.39 is 12.0 Å². The smallest absolute Gasteiger partial charge is 0.548 e. The predicted octanol–water partition coefficient (Wildman–Crippen LogP) is 0.192. The third kappa shape index (κ3) is 15.5. The van der Waals surface area contributed by atoms with Gasteiger partial charge in [-0.1, -0.05) is 65.9 Å². The molecule has 0 aliphatic heterocycles. The molecule has 0 radical (unpaired) electrons. The second-order valence-electron chi connectivity index (χ2n) is 8.24. The van der Waals surface area contributed by atoms with Crippen LogP contribution < -0.4 is 45.3 Å². The van der Waals surface area contributed by atoms with E-state index >= 15 is 0 Å². The van der Waals surface area contributed by atoms with E-state index in [0.717, 1.165) is 25.8 Å². The molecule has 0 bridgehead atoms. The van der Waals surface area contributed by atoms with E-state index in [1.165, 1.54) is 32.1 Å². The fourth-order valence-corrected chi connectivity index (χ4v) is 3.08. The number of carboxylic acid groups (broad SMARTS) is 1. The third-order valence-corrected chi connectivity index (χ3v) is 4.72. The number of carbonyl (C=O) groups excluding carboxylic acids is 2. The summed E-state index contributed by atoms with van der Waals surface area (Å²) >= 11 is 0. The van der Waals surface area contributed by atoms with Crippen LogP contribution in [0.15, 0.2) is 12.7 Å². The average Bonchev–Trinajstić information content (AvgIpc) is 2.59. The van der Waals surface area contributed by atoms with Crippen molar-refractivity contribution in [3.05, 3.63) is 12.7 Å². The molecule has 1 amide bonds. The molecule has 0 unspecified atom stereocenters. The minimum atomic E-state index is -1.23. The molecule has 0 rings (SSSR count). The Morgan fingerprint density at radius 3 is 1.96 bits per heavy atom. The molecule has 0 aliphatic rings. The zero-order valence-electron chi connectivity index (χ0n) is 18.9. The molecule has 0 aliphatic carbocycles. The van der Waals surface area contributed by atoms with Crippen molar-refractivity contribution in [2.45, 2.75) is 97.6 Å². The Kier molecular flexibility index (Phi) is 19.9. The van der Waals surface area contributed by atoms with Crippen molar-refractivity contribution >= 4 is 11.9 Å². The Hall–Kier alpha value is -0.360. The Morgan fingerprint density at radius 2 is 1.50 bits per heavy atom. The second-order valence-corrected chi connectivity index (χ2v) is 8.24. The van der Waals surface area contributed by atoms with E-state index in [1.54, 1.807) is 13.8 Å². The molecular formula is C22H41N2NaO3. The largest absolute Gasteiger partial charge is 1.00 e. The summed E-state index contributed by atoms with van der Waals surface area (Å²) in [5, 5.41) is 17.2. The number of allylic oxidation sites excluding steroid dienone is 1. The summed E-state index contributed by atoms with van der Waals surface area (Å²) in [7, 11) is 0. The number of hydrogen-bond acceptors (Lipinski definition) is 4. The maximum absolute atomic E-state index is 12.5. The van der Waals surface area contributed by atoms with Crippen molar-refractivity contribution < 1.29 is 44.3 Å². The summed E-state index contributed by atoms with van der Waals surface area (Å²) in [6.45, 7) is 12.2. The first-order valence-corrected chi connectivity index (χ1v) is 10.6. The molecule has 0 aromatic heterocycles. The summed E-state index contributed by atoms with van der Waals surface area (Å²) in [4.78, 5) is 23.7. The Balaban J connectivity index is 0. The van der Waals surface area contributed by atoms with E-state index in [9.17, 15) is 14.7 Å². The van der Waals surface area contributed by atoms with Crippen LogP contribution in [0.2, 0.25) is 0 Å². The molecule has 0 fully saturated rings. The van der Waals surface area contributed by atoms with Gasteiger partial charge in [0.05, 0.1) is 18.1 Å². The minimum absolute atomic E-state index is 0. The number of nitrogens with one attached hydrogen (secondary N) is 2. The van der Waals surface area contributed by atoms with Gasteiger partial charge >= 0.3 is 29.6 Å². The van der Waals surface area contributed by atoms with Gasteiger partial charge < -0.3 is 20.5 Å². The summed E-state index contributed by atoms with van der Waals surface area (Å²) in [6.07, 6.45) is 12.2. The third-order valence-electron chi connectivity index (χ3n) is 4.72. The second kappa shape index (κ2) is 18.7. The number of unbranched alkanes of at least 4 members (excludes halogenated alkanes) is 7. The van der Waals surface area contributed by atoms with Crippen LogP contribution >= 0.6 is 0 Å². The Labute approximate surface area is 194 Å². The van der Waals surface area contributed by atoms with Gasteiger partial charge in [-0.25, -0.2) is 0 Å². The van der Waals surface area contributed by atoms with Gasteiger partial charge in [-0.05, 0) is 44.1 Å². The fourth-order valence-electron chi connectivity index (χ4n) is 3.08. The zero-order valence-corrected chi connectivity index (χ0v) is 20.9. The van der Waals surface area contributed by atoms with Crippen molar-refractivity contribution in [1.82, 2.24) is 10.6 Å². The average molecular weight is 405 g/mol. The first-order chi connectivity index (χ1) is 12.8. The summed E-state index contributed by atoms with van der Waals surface area (Å²) in [5.74, 6) is -1.32. The summed E-state index contributed by atoms with van der Waals surface area (Å²) < 4.78 is 0. The zero-order chi connectivity index (χ0) is 20.7. The number of rotatable bonds is 17. The van der Waals surface area contributed by atoms with Crippen LogP contribution in [0.1, 0.15) is 85.5 Å². The quantitative estimate of drug-likeness (QED) is 0.206. The molecule has 2 N–H and O–H groups in total. The Morgan fingerprint density at radius 1 is 0.964 bits per heavy atom. The van der Waals surface area contributed by atoms with Crippen molar-refractivity contribution in [3.63, 3.8) is 0 Å². The summed E-state index contributed by atoms with van der Waals surface area (Å²) in [6, 6.07) is -1.31. The first-order valence-electron chi connectivity index (χ1n) is 10.6. The van der Waals surface area contributed by atoms with Gasteiger partial charge in [0, 0.05) is 0 Å². The molecule has 0 heterocycles. The number of aliphatic carboxylic acids is 1. The van der Waals surface area contributed by atoms with E-state index in [4.69, 9.17) is 0 Å². The molecule has 0 saturated carbocycles. The SMILES string of the molecule is C=CCCCCCCCCCN[C@@H](CC(C)C)C(=O)N[C@H](C(=O)[O-])C(C)C.[Na+]. The molecule has 28 heavy (non-hydrogen) atoms. The standard InChI is InChI=1S/C22H42N2O3.Na/c1-6-7-8-9-10-11-12-13-14-15-23-19(16-17(2)3)21(25)24-20(18(4)5)22(26)27;/h6,17-20,23H,1,7-16H2,2-5H3,(H,24,25)(H,26,27);/q;+1/p-1/t19-,20-;/m0./s1. The number of carboxylic acids is 1. The van der Waals surface area contributed by atoms with Gasteiger partial charge in [-0.15, -0.1) is 6.58 Å². The fraction of sp³-hybridized carbons (Fsp3) is 0.818. The Bertz CT molecular complexity index is 428. The molecule has 158 valence electrons. The van der Waals surface area contributed by atoms with Crippen molar-refractivity contribution in [3.8, 4) is 0 Å². The van der Waals surface area contributed by atoms with Crippen molar-refractivity contribution in [1.29, 1.82) is 0 Å². The molecular weight excluding hydrogens is 363 g/mol. The molecule has 0 aromatic rings. The first kappa shape index (κ1) is 29.8.